The van der Waals surface area contributed by atoms with Crippen LogP contribution in [0.1, 0.15) is 32.3 Å². The van der Waals surface area contributed by atoms with Crippen LogP contribution in [0.3, 0.4) is 0 Å². The van der Waals surface area contributed by atoms with Crippen molar-refractivity contribution in [2.75, 3.05) is 19.6 Å². The van der Waals surface area contributed by atoms with Gasteiger partial charge >= 0.3 is 6.03 Å². The smallest absolute Gasteiger partial charge is 0.314 e. The van der Waals surface area contributed by atoms with Crippen LogP contribution in [0.2, 0.25) is 0 Å². The molecule has 0 aliphatic carbocycles. The Morgan fingerprint density at radius 1 is 1.45 bits per heavy atom. The van der Waals surface area contributed by atoms with Gasteiger partial charge in [-0.2, -0.15) is 11.3 Å². The average Bonchev–Trinajstić information content (AvgIpc) is 2.90. The number of rotatable bonds is 5. The lowest BCUT2D eigenvalue weighted by atomic mass is 9.96. The van der Waals surface area contributed by atoms with Crippen molar-refractivity contribution in [3.63, 3.8) is 0 Å². The summed E-state index contributed by atoms with van der Waals surface area (Å²) >= 11 is 1.76. The lowest BCUT2D eigenvalue weighted by molar-refractivity contribution is 0.175. The zero-order chi connectivity index (χ0) is 14.4. The Kier molecular flexibility index (Phi) is 5.86. The topological polar surface area (TPSA) is 44.4 Å². The molecule has 1 fully saturated rings. The highest BCUT2D eigenvalue weighted by molar-refractivity contribution is 7.07. The van der Waals surface area contributed by atoms with Gasteiger partial charge in [0, 0.05) is 19.1 Å². The third kappa shape index (κ3) is 5.13. The van der Waals surface area contributed by atoms with Gasteiger partial charge in [0.15, 0.2) is 0 Å². The minimum Gasteiger partial charge on any atom is -0.338 e. The molecule has 5 heteroatoms. The van der Waals surface area contributed by atoms with Crippen LogP contribution in [0.4, 0.5) is 4.79 Å². The molecule has 0 bridgehead atoms. The Hall–Kier alpha value is -1.07. The number of amides is 2. The van der Waals surface area contributed by atoms with Gasteiger partial charge < -0.3 is 10.6 Å². The molecular weight excluding hydrogens is 270 g/mol. The van der Waals surface area contributed by atoms with Crippen LogP contribution in [-0.4, -0.2) is 36.6 Å². The molecular formula is C15H25N3OS. The van der Waals surface area contributed by atoms with E-state index in [1.165, 1.54) is 18.4 Å². The SMILES string of the molecule is CC(C)NC(=O)NCC1CCN(Cc2ccsc2)CC1. The summed E-state index contributed by atoms with van der Waals surface area (Å²) in [7, 11) is 0. The van der Waals surface area contributed by atoms with E-state index in [0.29, 0.717) is 5.92 Å². The molecule has 0 saturated carbocycles. The molecule has 0 spiro atoms. The third-order valence-corrected chi connectivity index (χ3v) is 4.40. The summed E-state index contributed by atoms with van der Waals surface area (Å²) in [5.74, 6) is 0.617. The van der Waals surface area contributed by atoms with Crippen molar-refractivity contribution in [3.05, 3.63) is 22.4 Å². The molecule has 1 aromatic rings. The summed E-state index contributed by atoms with van der Waals surface area (Å²) in [5.41, 5.74) is 1.42. The number of thiophene rings is 1. The molecule has 112 valence electrons. The fourth-order valence-corrected chi connectivity index (χ4v) is 3.20. The number of urea groups is 1. The van der Waals surface area contributed by atoms with Crippen LogP contribution in [0.15, 0.2) is 16.8 Å². The first kappa shape index (κ1) is 15.3. The van der Waals surface area contributed by atoms with E-state index >= 15 is 0 Å². The summed E-state index contributed by atoms with van der Waals surface area (Å²) < 4.78 is 0. The zero-order valence-corrected chi connectivity index (χ0v) is 13.2. The van der Waals surface area contributed by atoms with E-state index < -0.39 is 0 Å². The van der Waals surface area contributed by atoms with Gasteiger partial charge in [0.2, 0.25) is 0 Å². The Balaban J connectivity index is 1.63. The van der Waals surface area contributed by atoms with Crippen molar-refractivity contribution in [3.8, 4) is 0 Å². The molecule has 20 heavy (non-hydrogen) atoms. The average molecular weight is 295 g/mol. The van der Waals surface area contributed by atoms with Gasteiger partial charge in [-0.15, -0.1) is 0 Å². The van der Waals surface area contributed by atoms with Crippen LogP contribution >= 0.6 is 11.3 Å². The van der Waals surface area contributed by atoms with Gasteiger partial charge in [0.25, 0.3) is 0 Å². The van der Waals surface area contributed by atoms with Crippen LogP contribution in [0, 0.1) is 5.92 Å². The second kappa shape index (κ2) is 7.64. The van der Waals surface area contributed by atoms with Crippen molar-refractivity contribution in [2.45, 2.75) is 39.3 Å². The molecule has 0 radical (unpaired) electrons. The number of likely N-dealkylation sites (tertiary alicyclic amines) is 1. The maximum Gasteiger partial charge on any atom is 0.314 e. The number of carbonyl (C=O) groups is 1. The molecule has 2 N–H and O–H groups in total. The molecule has 1 aromatic heterocycles. The Labute approximate surface area is 125 Å². The number of hydrogen-bond acceptors (Lipinski definition) is 3. The number of piperidine rings is 1. The second-order valence-electron chi connectivity index (χ2n) is 5.86. The summed E-state index contributed by atoms with van der Waals surface area (Å²) in [5, 5.41) is 10.2. The van der Waals surface area contributed by atoms with Gasteiger partial charge in [0.05, 0.1) is 0 Å². The van der Waals surface area contributed by atoms with E-state index in [4.69, 9.17) is 0 Å². The highest BCUT2D eigenvalue weighted by atomic mass is 32.1. The van der Waals surface area contributed by atoms with E-state index in [-0.39, 0.29) is 12.1 Å². The van der Waals surface area contributed by atoms with E-state index in [0.717, 1.165) is 26.2 Å². The summed E-state index contributed by atoms with van der Waals surface area (Å²) in [6.07, 6.45) is 2.35. The van der Waals surface area contributed by atoms with Gasteiger partial charge in [-0.1, -0.05) is 0 Å². The largest absolute Gasteiger partial charge is 0.338 e. The summed E-state index contributed by atoms with van der Waals surface area (Å²) in [6, 6.07) is 2.36. The van der Waals surface area contributed by atoms with Gasteiger partial charge in [-0.3, -0.25) is 4.90 Å². The highest BCUT2D eigenvalue weighted by Crippen LogP contribution is 2.19. The summed E-state index contributed by atoms with van der Waals surface area (Å²) in [4.78, 5) is 14.0. The standard InChI is InChI=1S/C15H25N3OS/c1-12(2)17-15(19)16-9-13-3-6-18(7-4-13)10-14-5-8-20-11-14/h5,8,11-13H,3-4,6-7,9-10H2,1-2H3,(H2,16,17,19). The van der Waals surface area contributed by atoms with Crippen molar-refractivity contribution < 1.29 is 4.79 Å². The Morgan fingerprint density at radius 2 is 2.20 bits per heavy atom. The van der Waals surface area contributed by atoms with E-state index in [1.54, 1.807) is 11.3 Å². The molecule has 4 nitrogen and oxygen atoms in total. The lowest BCUT2D eigenvalue weighted by Crippen LogP contribution is -2.43. The predicted octanol–water partition coefficient (Wildman–Crippen LogP) is 2.67. The van der Waals surface area contributed by atoms with Gasteiger partial charge in [0.1, 0.15) is 0 Å². The number of nitrogens with zero attached hydrogens (tertiary/aromatic N) is 1. The van der Waals surface area contributed by atoms with E-state index in [2.05, 4.69) is 32.4 Å². The molecule has 0 unspecified atom stereocenters. The second-order valence-corrected chi connectivity index (χ2v) is 6.64. The molecule has 2 amide bonds. The quantitative estimate of drug-likeness (QED) is 0.877. The molecule has 1 aliphatic rings. The fraction of sp³-hybridized carbons (Fsp3) is 0.667. The minimum absolute atomic E-state index is 0.0410. The third-order valence-electron chi connectivity index (χ3n) is 3.66. The zero-order valence-electron chi connectivity index (χ0n) is 12.4. The first-order valence-electron chi connectivity index (χ1n) is 7.41. The number of nitrogens with one attached hydrogen (secondary N) is 2. The molecule has 2 heterocycles. The lowest BCUT2D eigenvalue weighted by Gasteiger charge is -2.31. The molecule has 0 aromatic carbocycles. The van der Waals surface area contributed by atoms with Gasteiger partial charge in [-0.05, 0) is 68.1 Å². The normalized spacial score (nSPS) is 17.4. The molecule has 1 saturated heterocycles. The van der Waals surface area contributed by atoms with Crippen LogP contribution in [0.25, 0.3) is 0 Å². The monoisotopic (exact) mass is 295 g/mol. The number of hydrogen-bond donors (Lipinski definition) is 2. The molecule has 0 atom stereocenters. The van der Waals surface area contributed by atoms with E-state index in [1.807, 2.05) is 13.8 Å². The maximum atomic E-state index is 11.5. The minimum atomic E-state index is -0.0410. The first-order valence-corrected chi connectivity index (χ1v) is 8.35. The van der Waals surface area contributed by atoms with Crippen molar-refractivity contribution in [1.82, 2.24) is 15.5 Å². The van der Waals surface area contributed by atoms with Crippen LogP contribution < -0.4 is 10.6 Å². The Bertz CT molecular complexity index is 397. The van der Waals surface area contributed by atoms with Crippen molar-refractivity contribution in [2.24, 2.45) is 5.92 Å². The molecule has 2 rings (SSSR count). The van der Waals surface area contributed by atoms with Crippen molar-refractivity contribution >= 4 is 17.4 Å². The maximum absolute atomic E-state index is 11.5. The first-order chi connectivity index (χ1) is 9.63. The van der Waals surface area contributed by atoms with Gasteiger partial charge in [-0.25, -0.2) is 4.79 Å². The highest BCUT2D eigenvalue weighted by Gasteiger charge is 2.19. The summed E-state index contributed by atoms with van der Waals surface area (Å²) in [6.45, 7) is 8.08. The molecule has 1 aliphatic heterocycles. The van der Waals surface area contributed by atoms with Crippen molar-refractivity contribution in [1.29, 1.82) is 0 Å². The van der Waals surface area contributed by atoms with Crippen LogP contribution in [-0.2, 0) is 6.54 Å². The van der Waals surface area contributed by atoms with Crippen LogP contribution in [0.5, 0.6) is 0 Å². The number of carbonyl (C=O) groups excluding carboxylic acids is 1. The van der Waals surface area contributed by atoms with E-state index in [9.17, 15) is 4.79 Å². The fourth-order valence-electron chi connectivity index (χ4n) is 2.54. The predicted molar refractivity (Wildman–Crippen MR) is 84.0 cm³/mol. The Morgan fingerprint density at radius 3 is 2.80 bits per heavy atom.